The van der Waals surface area contributed by atoms with Crippen LogP contribution < -0.4 is 0 Å². The summed E-state index contributed by atoms with van der Waals surface area (Å²) in [6.07, 6.45) is 1.66. The summed E-state index contributed by atoms with van der Waals surface area (Å²) in [5, 5.41) is 10.8. The van der Waals surface area contributed by atoms with Crippen LogP contribution in [0.2, 0.25) is 0 Å². The van der Waals surface area contributed by atoms with Gasteiger partial charge in [0.05, 0.1) is 11.5 Å². The zero-order chi connectivity index (χ0) is 12.8. The molecule has 0 saturated carbocycles. The zero-order valence-electron chi connectivity index (χ0n) is 9.93. The number of nitro benzene ring substituents is 1. The minimum atomic E-state index is -0.631. The highest BCUT2D eigenvalue weighted by Crippen LogP contribution is 2.20. The second-order valence-electron chi connectivity index (χ2n) is 3.77. The van der Waals surface area contributed by atoms with Crippen molar-refractivity contribution < 1.29 is 14.5 Å². The van der Waals surface area contributed by atoms with E-state index in [9.17, 15) is 14.9 Å². The third kappa shape index (κ3) is 3.55. The molecule has 0 aliphatic rings. The van der Waals surface area contributed by atoms with Gasteiger partial charge in [-0.3, -0.25) is 10.1 Å². The van der Waals surface area contributed by atoms with Crippen molar-refractivity contribution in [1.29, 1.82) is 0 Å². The first-order valence-corrected chi connectivity index (χ1v) is 5.48. The molecule has 0 atom stereocenters. The molecule has 0 amide bonds. The number of carbonyl (C=O) groups is 1. The lowest BCUT2D eigenvalue weighted by molar-refractivity contribution is -0.385. The van der Waals surface area contributed by atoms with Crippen LogP contribution in [0.1, 0.15) is 35.7 Å². The predicted molar refractivity (Wildman–Crippen MR) is 63.0 cm³/mol. The third-order valence-electron chi connectivity index (χ3n) is 2.30. The van der Waals surface area contributed by atoms with E-state index >= 15 is 0 Å². The van der Waals surface area contributed by atoms with Gasteiger partial charge in [-0.2, -0.15) is 0 Å². The van der Waals surface area contributed by atoms with Gasteiger partial charge in [-0.05, 0) is 25.0 Å². The fourth-order valence-electron chi connectivity index (χ4n) is 1.36. The molecule has 5 nitrogen and oxygen atoms in total. The molecule has 1 aromatic rings. The minimum Gasteiger partial charge on any atom is -0.462 e. The van der Waals surface area contributed by atoms with Crippen molar-refractivity contribution in [3.05, 3.63) is 39.4 Å². The molecular weight excluding hydrogens is 222 g/mol. The number of hydrogen-bond acceptors (Lipinski definition) is 4. The molecule has 0 spiro atoms. The Balaban J connectivity index is 2.90. The normalized spacial score (nSPS) is 10.0. The summed E-state index contributed by atoms with van der Waals surface area (Å²) >= 11 is 0. The van der Waals surface area contributed by atoms with E-state index in [1.54, 1.807) is 13.0 Å². The molecule has 0 unspecified atom stereocenters. The number of nitrogens with zero attached hydrogens (tertiary/aromatic N) is 1. The molecule has 0 aromatic heterocycles. The molecule has 0 aliphatic carbocycles. The van der Waals surface area contributed by atoms with E-state index in [1.165, 1.54) is 12.1 Å². The molecule has 0 bridgehead atoms. The number of hydrogen-bond donors (Lipinski definition) is 0. The van der Waals surface area contributed by atoms with Crippen molar-refractivity contribution in [3.63, 3.8) is 0 Å². The lowest BCUT2D eigenvalue weighted by Gasteiger charge is -2.05. The number of nitro groups is 1. The van der Waals surface area contributed by atoms with Crippen molar-refractivity contribution in [2.75, 3.05) is 6.61 Å². The first-order chi connectivity index (χ1) is 8.06. The van der Waals surface area contributed by atoms with Gasteiger partial charge in [0.25, 0.3) is 5.69 Å². The van der Waals surface area contributed by atoms with E-state index in [4.69, 9.17) is 4.74 Å². The van der Waals surface area contributed by atoms with Crippen molar-refractivity contribution in [3.8, 4) is 0 Å². The Hall–Kier alpha value is -1.91. The first-order valence-electron chi connectivity index (χ1n) is 5.48. The van der Waals surface area contributed by atoms with Crippen LogP contribution >= 0.6 is 0 Å². The van der Waals surface area contributed by atoms with Crippen LogP contribution in [0.3, 0.4) is 0 Å². The van der Waals surface area contributed by atoms with Gasteiger partial charge in [-0.1, -0.05) is 19.4 Å². The van der Waals surface area contributed by atoms with Gasteiger partial charge in [0.1, 0.15) is 5.56 Å². The van der Waals surface area contributed by atoms with Crippen LogP contribution in [0.5, 0.6) is 0 Å². The summed E-state index contributed by atoms with van der Waals surface area (Å²) in [6, 6.07) is 4.40. The average Bonchev–Trinajstić information content (AvgIpc) is 2.28. The van der Waals surface area contributed by atoms with Crippen molar-refractivity contribution in [2.24, 2.45) is 0 Å². The van der Waals surface area contributed by atoms with Crippen molar-refractivity contribution in [2.45, 2.75) is 26.7 Å². The standard InChI is InChI=1S/C12H15NO4/c1-3-4-7-17-12(14)10-8-9(2)5-6-11(10)13(15)16/h5-6,8H,3-4,7H2,1-2H3. The van der Waals surface area contributed by atoms with Crippen LogP contribution in [0, 0.1) is 17.0 Å². The maximum absolute atomic E-state index is 11.7. The summed E-state index contributed by atoms with van der Waals surface area (Å²) in [7, 11) is 0. The molecule has 17 heavy (non-hydrogen) atoms. The van der Waals surface area contributed by atoms with Gasteiger partial charge < -0.3 is 4.74 Å². The quantitative estimate of drug-likeness (QED) is 0.341. The molecular formula is C12H15NO4. The van der Waals surface area contributed by atoms with E-state index in [1.807, 2.05) is 6.92 Å². The topological polar surface area (TPSA) is 69.4 Å². The van der Waals surface area contributed by atoms with Gasteiger partial charge in [0.15, 0.2) is 0 Å². The molecule has 1 aromatic carbocycles. The number of ether oxygens (including phenoxy) is 1. The first kappa shape index (κ1) is 13.2. The van der Waals surface area contributed by atoms with Crippen LogP contribution in [-0.2, 0) is 4.74 Å². The van der Waals surface area contributed by atoms with E-state index in [0.717, 1.165) is 18.4 Å². The monoisotopic (exact) mass is 237 g/mol. The van der Waals surface area contributed by atoms with Crippen molar-refractivity contribution >= 4 is 11.7 Å². The van der Waals surface area contributed by atoms with Gasteiger partial charge in [0, 0.05) is 6.07 Å². The van der Waals surface area contributed by atoms with Gasteiger partial charge in [-0.25, -0.2) is 4.79 Å². The lowest BCUT2D eigenvalue weighted by atomic mass is 10.1. The van der Waals surface area contributed by atoms with Gasteiger partial charge in [-0.15, -0.1) is 0 Å². The second-order valence-corrected chi connectivity index (χ2v) is 3.77. The maximum Gasteiger partial charge on any atom is 0.345 e. The number of unbranched alkanes of at least 4 members (excludes halogenated alkanes) is 1. The highest BCUT2D eigenvalue weighted by atomic mass is 16.6. The van der Waals surface area contributed by atoms with Crippen molar-refractivity contribution in [1.82, 2.24) is 0 Å². The minimum absolute atomic E-state index is 0.0195. The second kappa shape index (κ2) is 5.98. The zero-order valence-corrected chi connectivity index (χ0v) is 9.93. The Morgan fingerprint density at radius 1 is 1.47 bits per heavy atom. The molecule has 0 N–H and O–H groups in total. The summed E-state index contributed by atoms with van der Waals surface area (Å²) in [6.45, 7) is 4.04. The highest BCUT2D eigenvalue weighted by molar-refractivity contribution is 5.94. The largest absolute Gasteiger partial charge is 0.462 e. The number of esters is 1. The molecule has 0 saturated heterocycles. The molecule has 0 aliphatic heterocycles. The van der Waals surface area contributed by atoms with E-state index in [0.29, 0.717) is 6.61 Å². The number of aryl methyl sites for hydroxylation is 1. The molecule has 0 fully saturated rings. The van der Waals surface area contributed by atoms with E-state index < -0.39 is 10.9 Å². The fraction of sp³-hybridized carbons (Fsp3) is 0.417. The smallest absolute Gasteiger partial charge is 0.345 e. The summed E-state index contributed by atoms with van der Waals surface area (Å²) in [5.41, 5.74) is 0.598. The van der Waals surface area contributed by atoms with E-state index in [-0.39, 0.29) is 11.3 Å². The van der Waals surface area contributed by atoms with Crippen LogP contribution in [-0.4, -0.2) is 17.5 Å². The Morgan fingerprint density at radius 2 is 2.18 bits per heavy atom. The van der Waals surface area contributed by atoms with Gasteiger partial charge >= 0.3 is 5.97 Å². The van der Waals surface area contributed by atoms with Crippen LogP contribution in [0.15, 0.2) is 18.2 Å². The number of benzene rings is 1. The molecule has 92 valence electrons. The summed E-state index contributed by atoms with van der Waals surface area (Å²) < 4.78 is 4.97. The predicted octanol–water partition coefficient (Wildman–Crippen LogP) is 2.86. The molecule has 1 rings (SSSR count). The third-order valence-corrected chi connectivity index (χ3v) is 2.30. The molecule has 5 heteroatoms. The lowest BCUT2D eigenvalue weighted by Crippen LogP contribution is -2.09. The van der Waals surface area contributed by atoms with Gasteiger partial charge in [0.2, 0.25) is 0 Å². The Morgan fingerprint density at radius 3 is 2.76 bits per heavy atom. The van der Waals surface area contributed by atoms with E-state index in [2.05, 4.69) is 0 Å². The molecule has 0 radical (unpaired) electrons. The SMILES string of the molecule is CCCCOC(=O)c1cc(C)ccc1[N+](=O)[O-]. The molecule has 0 heterocycles. The van der Waals surface area contributed by atoms with Crippen LogP contribution in [0.4, 0.5) is 5.69 Å². The Bertz CT molecular complexity index is 429. The van der Waals surface area contributed by atoms with Crippen LogP contribution in [0.25, 0.3) is 0 Å². The Kier molecular flexibility index (Phi) is 4.63. The number of carbonyl (C=O) groups excluding carboxylic acids is 1. The highest BCUT2D eigenvalue weighted by Gasteiger charge is 2.21. The Labute approximate surface area is 99.5 Å². The average molecular weight is 237 g/mol. The fourth-order valence-corrected chi connectivity index (χ4v) is 1.36. The maximum atomic E-state index is 11.7. The summed E-state index contributed by atoms with van der Waals surface area (Å²) in [5.74, 6) is -0.631. The summed E-state index contributed by atoms with van der Waals surface area (Å²) in [4.78, 5) is 21.9. The number of rotatable bonds is 5.